The van der Waals surface area contributed by atoms with E-state index in [0.29, 0.717) is 26.2 Å². The molecule has 154 valence electrons. The monoisotopic (exact) mass is 396 g/mol. The van der Waals surface area contributed by atoms with Crippen LogP contribution in [-0.4, -0.2) is 24.3 Å². The first-order chi connectivity index (χ1) is 14.0. The minimum Gasteiger partial charge on any atom is -0.488 e. The molecule has 0 aliphatic carbocycles. The highest BCUT2D eigenvalue weighted by molar-refractivity contribution is 5.81. The number of carboxylic acid groups (broad SMARTS) is 1. The third-order valence-electron chi connectivity index (χ3n) is 5.21. The molecule has 29 heavy (non-hydrogen) atoms. The smallest absolute Gasteiger partial charge is 0.303 e. The molecule has 0 atom stereocenters. The van der Waals surface area contributed by atoms with Gasteiger partial charge in [0.2, 0.25) is 0 Å². The van der Waals surface area contributed by atoms with Crippen LogP contribution in [0.15, 0.2) is 40.8 Å². The Morgan fingerprint density at radius 2 is 1.90 bits per heavy atom. The van der Waals surface area contributed by atoms with E-state index in [0.717, 1.165) is 51.2 Å². The number of para-hydroxylation sites is 1. The summed E-state index contributed by atoms with van der Waals surface area (Å²) in [5.41, 5.74) is 5.02. The van der Waals surface area contributed by atoms with Crippen molar-refractivity contribution in [1.82, 2.24) is 0 Å². The van der Waals surface area contributed by atoms with E-state index in [9.17, 15) is 4.79 Å². The number of carboxylic acids is 1. The first-order valence-electron chi connectivity index (χ1n) is 10.0. The van der Waals surface area contributed by atoms with E-state index in [2.05, 4.69) is 6.07 Å². The van der Waals surface area contributed by atoms with Crippen LogP contribution in [0.1, 0.15) is 41.4 Å². The molecule has 1 aromatic heterocycles. The Balaban J connectivity index is 1.73. The number of hydrogen-bond donors (Lipinski definition) is 1. The fourth-order valence-corrected chi connectivity index (χ4v) is 3.41. The van der Waals surface area contributed by atoms with Crippen molar-refractivity contribution in [3.63, 3.8) is 0 Å². The number of benzene rings is 2. The summed E-state index contributed by atoms with van der Waals surface area (Å²) < 4.78 is 17.6. The van der Waals surface area contributed by atoms with Gasteiger partial charge in [-0.2, -0.15) is 0 Å². The van der Waals surface area contributed by atoms with Crippen LogP contribution in [0.3, 0.4) is 0 Å². The maximum atomic E-state index is 10.8. The molecule has 2 aromatic carbocycles. The van der Waals surface area contributed by atoms with Crippen LogP contribution >= 0.6 is 0 Å². The second kappa shape index (κ2) is 9.61. The van der Waals surface area contributed by atoms with Gasteiger partial charge < -0.3 is 19.0 Å². The van der Waals surface area contributed by atoms with Gasteiger partial charge >= 0.3 is 5.97 Å². The fraction of sp³-hybridized carbons (Fsp3) is 0.375. The van der Waals surface area contributed by atoms with Crippen molar-refractivity contribution in [3.05, 3.63) is 64.4 Å². The van der Waals surface area contributed by atoms with Crippen LogP contribution in [-0.2, 0) is 29.0 Å². The highest BCUT2D eigenvalue weighted by Gasteiger charge is 2.12. The zero-order valence-corrected chi connectivity index (χ0v) is 17.3. The summed E-state index contributed by atoms with van der Waals surface area (Å²) in [6.07, 6.45) is 1.41. The molecule has 0 fully saturated rings. The van der Waals surface area contributed by atoms with Crippen LogP contribution in [0.2, 0.25) is 0 Å². The predicted octanol–water partition coefficient (Wildman–Crippen LogP) is 5.22. The van der Waals surface area contributed by atoms with Crippen molar-refractivity contribution in [2.75, 3.05) is 13.2 Å². The maximum Gasteiger partial charge on any atom is 0.303 e. The average Bonchev–Trinajstić information content (AvgIpc) is 3.12. The van der Waals surface area contributed by atoms with Crippen LogP contribution in [0, 0.1) is 13.8 Å². The molecule has 0 spiro atoms. The third-order valence-corrected chi connectivity index (χ3v) is 5.21. The van der Waals surface area contributed by atoms with Gasteiger partial charge in [-0.1, -0.05) is 24.3 Å². The highest BCUT2D eigenvalue weighted by atomic mass is 16.5. The van der Waals surface area contributed by atoms with Crippen molar-refractivity contribution in [3.8, 4) is 5.75 Å². The summed E-state index contributed by atoms with van der Waals surface area (Å²) in [5, 5.41) is 9.97. The minimum atomic E-state index is -0.783. The molecule has 1 heterocycles. The zero-order chi connectivity index (χ0) is 20.8. The molecule has 0 radical (unpaired) electrons. The lowest BCUT2D eigenvalue weighted by molar-refractivity contribution is -0.136. The summed E-state index contributed by atoms with van der Waals surface area (Å²) in [5.74, 6) is 0.937. The number of fused-ring (bicyclic) bond motifs is 1. The number of hydrogen-bond acceptors (Lipinski definition) is 4. The molecule has 3 rings (SSSR count). The summed E-state index contributed by atoms with van der Waals surface area (Å²) in [7, 11) is 0. The summed E-state index contributed by atoms with van der Waals surface area (Å²) >= 11 is 0. The molecule has 0 saturated heterocycles. The number of aryl methyl sites for hydroxylation is 1. The van der Waals surface area contributed by atoms with Gasteiger partial charge in [-0.05, 0) is 56.0 Å². The molecular weight excluding hydrogens is 368 g/mol. The molecule has 0 saturated carbocycles. The van der Waals surface area contributed by atoms with Crippen molar-refractivity contribution < 1.29 is 23.8 Å². The largest absolute Gasteiger partial charge is 0.488 e. The molecular formula is C24H28O5. The molecule has 0 unspecified atom stereocenters. The standard InChI is InChI=1S/C24H28O5/c1-4-27-13-12-21-14-19-6-5-7-20(24(19)29-21)15-28-22-10-8-18(9-11-23(25)26)16(2)17(22)3/h5-8,10,14H,4,9,11-13,15H2,1-3H3,(H,25,26). The number of carbonyl (C=O) groups is 1. The van der Waals surface area contributed by atoms with E-state index < -0.39 is 5.97 Å². The molecule has 0 amide bonds. The van der Waals surface area contributed by atoms with E-state index in [1.54, 1.807) is 0 Å². The topological polar surface area (TPSA) is 68.9 Å². The molecule has 3 aromatic rings. The van der Waals surface area contributed by atoms with Crippen LogP contribution < -0.4 is 4.74 Å². The normalized spacial score (nSPS) is 11.1. The Morgan fingerprint density at radius 1 is 1.07 bits per heavy atom. The Bertz CT molecular complexity index is 986. The second-order valence-corrected chi connectivity index (χ2v) is 7.15. The van der Waals surface area contributed by atoms with Gasteiger partial charge in [0.1, 0.15) is 23.7 Å². The van der Waals surface area contributed by atoms with Crippen LogP contribution in [0.25, 0.3) is 11.0 Å². The second-order valence-electron chi connectivity index (χ2n) is 7.15. The van der Waals surface area contributed by atoms with Gasteiger partial charge in [-0.3, -0.25) is 4.79 Å². The molecule has 0 aliphatic rings. The first kappa shape index (κ1) is 20.9. The fourth-order valence-electron chi connectivity index (χ4n) is 3.41. The van der Waals surface area contributed by atoms with Crippen LogP contribution in [0.4, 0.5) is 0 Å². The Labute approximate surface area is 171 Å². The molecule has 0 bridgehead atoms. The Kier molecular flexibility index (Phi) is 6.94. The Morgan fingerprint density at radius 3 is 2.66 bits per heavy atom. The third kappa shape index (κ3) is 5.18. The lowest BCUT2D eigenvalue weighted by atomic mass is 9.99. The van der Waals surface area contributed by atoms with E-state index in [1.807, 2.05) is 51.1 Å². The van der Waals surface area contributed by atoms with Gasteiger partial charge in [0.25, 0.3) is 0 Å². The summed E-state index contributed by atoms with van der Waals surface area (Å²) in [4.78, 5) is 10.8. The number of ether oxygens (including phenoxy) is 2. The number of rotatable bonds is 10. The minimum absolute atomic E-state index is 0.132. The SMILES string of the molecule is CCOCCc1cc2cccc(COc3ccc(CCC(=O)O)c(C)c3C)c2o1. The van der Waals surface area contributed by atoms with Gasteiger partial charge in [0.05, 0.1) is 6.61 Å². The molecule has 1 N–H and O–H groups in total. The van der Waals surface area contributed by atoms with Crippen molar-refractivity contribution in [1.29, 1.82) is 0 Å². The lowest BCUT2D eigenvalue weighted by Gasteiger charge is -2.14. The highest BCUT2D eigenvalue weighted by Crippen LogP contribution is 2.28. The van der Waals surface area contributed by atoms with E-state index >= 15 is 0 Å². The van der Waals surface area contributed by atoms with E-state index in [4.69, 9.17) is 19.0 Å². The van der Waals surface area contributed by atoms with E-state index in [1.165, 1.54) is 0 Å². The quantitative estimate of drug-likeness (QED) is 0.476. The first-order valence-corrected chi connectivity index (χ1v) is 10.0. The predicted molar refractivity (Wildman–Crippen MR) is 113 cm³/mol. The molecule has 0 aliphatic heterocycles. The van der Waals surface area contributed by atoms with Crippen molar-refractivity contribution in [2.24, 2.45) is 0 Å². The van der Waals surface area contributed by atoms with Gasteiger partial charge in [0.15, 0.2) is 0 Å². The van der Waals surface area contributed by atoms with Gasteiger partial charge in [-0.15, -0.1) is 0 Å². The zero-order valence-electron chi connectivity index (χ0n) is 17.3. The maximum absolute atomic E-state index is 10.8. The van der Waals surface area contributed by atoms with Crippen LogP contribution in [0.5, 0.6) is 5.75 Å². The number of aliphatic carboxylic acids is 1. The number of furan rings is 1. The average molecular weight is 396 g/mol. The van der Waals surface area contributed by atoms with Crippen molar-refractivity contribution >= 4 is 16.9 Å². The summed E-state index contributed by atoms with van der Waals surface area (Å²) in [6, 6.07) is 12.0. The van der Waals surface area contributed by atoms with Crippen molar-refractivity contribution in [2.45, 2.75) is 46.6 Å². The van der Waals surface area contributed by atoms with Gasteiger partial charge in [-0.25, -0.2) is 0 Å². The lowest BCUT2D eigenvalue weighted by Crippen LogP contribution is -2.03. The molecule has 5 heteroatoms. The van der Waals surface area contributed by atoms with E-state index in [-0.39, 0.29) is 6.42 Å². The summed E-state index contributed by atoms with van der Waals surface area (Å²) in [6.45, 7) is 7.76. The van der Waals surface area contributed by atoms with Gasteiger partial charge in [0, 0.05) is 30.4 Å². The Hall–Kier alpha value is -2.79. The molecule has 5 nitrogen and oxygen atoms in total.